The molecule has 1 aromatic heterocycles. The normalized spacial score (nSPS) is 13.7. The van der Waals surface area contributed by atoms with Crippen molar-refractivity contribution in [2.75, 3.05) is 16.8 Å². The summed E-state index contributed by atoms with van der Waals surface area (Å²) >= 11 is 6.11. The van der Waals surface area contributed by atoms with E-state index in [0.717, 1.165) is 0 Å². The first-order chi connectivity index (χ1) is 11.0. The number of nitrogens with zero attached hydrogens (tertiary/aromatic N) is 3. The molecule has 1 aliphatic heterocycles. The van der Waals surface area contributed by atoms with E-state index in [0.29, 0.717) is 17.2 Å². The molecule has 2 amide bonds. The Kier molecular flexibility index (Phi) is 4.00. The van der Waals surface area contributed by atoms with Gasteiger partial charge in [0.25, 0.3) is 5.91 Å². The number of hydrogen-bond donors (Lipinski definition) is 1. The van der Waals surface area contributed by atoms with Crippen LogP contribution in [0.1, 0.15) is 36.1 Å². The molecule has 0 saturated heterocycles. The topological polar surface area (TPSA) is 75.2 Å². The summed E-state index contributed by atoms with van der Waals surface area (Å²) in [5, 5.41) is 2.91. The largest absolute Gasteiger partial charge is 0.323 e. The van der Waals surface area contributed by atoms with Crippen LogP contribution in [0.3, 0.4) is 0 Å². The maximum Gasteiger partial charge on any atom is 0.279 e. The second-order valence-corrected chi connectivity index (χ2v) is 5.94. The zero-order valence-electron chi connectivity index (χ0n) is 12.7. The number of rotatable bonds is 2. The number of aromatic nitrogens is 2. The Morgan fingerprint density at radius 3 is 2.83 bits per heavy atom. The molecule has 1 N–H and O–H groups in total. The van der Waals surface area contributed by atoms with E-state index >= 15 is 0 Å². The number of halogens is 1. The van der Waals surface area contributed by atoms with Crippen LogP contribution in [0, 0.1) is 0 Å². The number of hydrogen-bond acceptors (Lipinski definition) is 4. The molecule has 0 radical (unpaired) electrons. The van der Waals surface area contributed by atoms with Crippen LogP contribution in [-0.4, -0.2) is 28.3 Å². The van der Waals surface area contributed by atoms with Crippen molar-refractivity contribution < 1.29 is 9.59 Å². The fourth-order valence-corrected chi connectivity index (χ4v) is 2.52. The minimum atomic E-state index is -0.415. The summed E-state index contributed by atoms with van der Waals surface area (Å²) in [7, 11) is 0. The van der Waals surface area contributed by atoms with Crippen molar-refractivity contribution in [3.8, 4) is 0 Å². The van der Waals surface area contributed by atoms with Gasteiger partial charge < -0.3 is 5.32 Å². The van der Waals surface area contributed by atoms with E-state index < -0.39 is 5.91 Å². The molecule has 23 heavy (non-hydrogen) atoms. The molecule has 7 heteroatoms. The van der Waals surface area contributed by atoms with Crippen molar-refractivity contribution >= 4 is 34.8 Å². The molecular formula is C16H15ClN4O2. The smallest absolute Gasteiger partial charge is 0.279 e. The quantitative estimate of drug-likeness (QED) is 0.918. The molecule has 0 bridgehead atoms. The average Bonchev–Trinajstić information content (AvgIpc) is 2.53. The van der Waals surface area contributed by atoms with Crippen molar-refractivity contribution in [1.29, 1.82) is 0 Å². The summed E-state index contributed by atoms with van der Waals surface area (Å²) in [5.74, 6) is -0.0730. The molecule has 6 nitrogen and oxygen atoms in total. The fraction of sp³-hybridized carbons (Fsp3) is 0.250. The number of anilines is 2. The fourth-order valence-electron chi connectivity index (χ4n) is 2.35. The van der Waals surface area contributed by atoms with Crippen LogP contribution < -0.4 is 10.2 Å². The minimum absolute atomic E-state index is 0.0655. The third kappa shape index (κ3) is 2.90. The molecule has 118 valence electrons. The summed E-state index contributed by atoms with van der Waals surface area (Å²) in [4.78, 5) is 34.5. The summed E-state index contributed by atoms with van der Waals surface area (Å²) in [6.07, 6.45) is 1.42. The van der Waals surface area contributed by atoms with E-state index in [1.807, 2.05) is 13.8 Å². The van der Waals surface area contributed by atoms with Gasteiger partial charge in [-0.3, -0.25) is 14.5 Å². The summed E-state index contributed by atoms with van der Waals surface area (Å²) < 4.78 is 0. The zero-order chi connectivity index (χ0) is 16.6. The maximum absolute atomic E-state index is 12.9. The van der Waals surface area contributed by atoms with Gasteiger partial charge >= 0.3 is 0 Å². The highest BCUT2D eigenvalue weighted by molar-refractivity contribution is 6.34. The minimum Gasteiger partial charge on any atom is -0.323 e. The molecule has 2 aromatic rings. The van der Waals surface area contributed by atoms with Gasteiger partial charge in [-0.05, 0) is 12.1 Å². The molecule has 0 saturated carbocycles. The molecule has 0 atom stereocenters. The third-order valence-electron chi connectivity index (χ3n) is 3.50. The van der Waals surface area contributed by atoms with Gasteiger partial charge in [-0.25, -0.2) is 9.97 Å². The van der Waals surface area contributed by atoms with Crippen LogP contribution in [0.2, 0.25) is 5.02 Å². The third-order valence-corrected chi connectivity index (χ3v) is 3.77. The lowest BCUT2D eigenvalue weighted by Gasteiger charge is -2.29. The van der Waals surface area contributed by atoms with Crippen LogP contribution in [0.5, 0.6) is 0 Å². The lowest BCUT2D eigenvalue weighted by Crippen LogP contribution is -2.42. The number of carbonyl (C=O) groups excluding carboxylic acids is 2. The van der Waals surface area contributed by atoms with Crippen molar-refractivity contribution in [3.63, 3.8) is 0 Å². The van der Waals surface area contributed by atoms with Gasteiger partial charge in [0.05, 0.1) is 22.6 Å². The maximum atomic E-state index is 12.9. The zero-order valence-corrected chi connectivity index (χ0v) is 13.5. The number of nitrogens with one attached hydrogen (secondary N) is 1. The second kappa shape index (κ2) is 5.96. The van der Waals surface area contributed by atoms with Crippen LogP contribution in [0.4, 0.5) is 11.4 Å². The van der Waals surface area contributed by atoms with Crippen molar-refractivity contribution in [1.82, 2.24) is 9.97 Å². The van der Waals surface area contributed by atoms with Gasteiger partial charge in [-0.15, -0.1) is 0 Å². The molecule has 1 aromatic carbocycles. The van der Waals surface area contributed by atoms with Gasteiger partial charge in [0.15, 0.2) is 5.69 Å². The lowest BCUT2D eigenvalue weighted by molar-refractivity contribution is -0.115. The molecule has 0 aliphatic carbocycles. The standard InChI is InChI=1S/C16H15ClN4O2/c1-9(2)15-18-7-10(17)14(20-15)16(23)21-8-13(22)19-11-5-3-4-6-12(11)21/h3-7,9H,8H2,1-2H3,(H,19,22). The molecule has 3 rings (SSSR count). The summed E-state index contributed by atoms with van der Waals surface area (Å²) in [5.41, 5.74) is 1.32. The van der Waals surface area contributed by atoms with Gasteiger partial charge in [0, 0.05) is 5.92 Å². The molecule has 0 fully saturated rings. The number of amides is 2. The predicted molar refractivity (Wildman–Crippen MR) is 87.9 cm³/mol. The molecule has 2 heterocycles. The summed E-state index contributed by atoms with van der Waals surface area (Å²) in [6, 6.07) is 7.11. The summed E-state index contributed by atoms with van der Waals surface area (Å²) in [6.45, 7) is 3.79. The molecule has 0 unspecified atom stereocenters. The van der Waals surface area contributed by atoms with Crippen molar-refractivity contribution in [2.24, 2.45) is 0 Å². The monoisotopic (exact) mass is 330 g/mol. The Labute approximate surface area is 138 Å². The highest BCUT2D eigenvalue weighted by atomic mass is 35.5. The van der Waals surface area contributed by atoms with E-state index in [1.54, 1.807) is 24.3 Å². The van der Waals surface area contributed by atoms with Crippen molar-refractivity contribution in [3.05, 3.63) is 47.0 Å². The Morgan fingerprint density at radius 1 is 1.35 bits per heavy atom. The van der Waals surface area contributed by atoms with E-state index in [9.17, 15) is 9.59 Å². The lowest BCUT2D eigenvalue weighted by atomic mass is 10.1. The van der Waals surface area contributed by atoms with Gasteiger partial charge in [-0.2, -0.15) is 0 Å². The highest BCUT2D eigenvalue weighted by Crippen LogP contribution is 2.30. The van der Waals surface area contributed by atoms with Crippen LogP contribution >= 0.6 is 11.6 Å². The first kappa shape index (κ1) is 15.4. The number of carbonyl (C=O) groups is 2. The van der Waals surface area contributed by atoms with Gasteiger partial charge in [0.1, 0.15) is 12.4 Å². The van der Waals surface area contributed by atoms with Crippen LogP contribution in [0.25, 0.3) is 0 Å². The number of benzene rings is 1. The van der Waals surface area contributed by atoms with E-state index in [4.69, 9.17) is 11.6 Å². The first-order valence-electron chi connectivity index (χ1n) is 7.20. The number of para-hydroxylation sites is 2. The number of fused-ring (bicyclic) bond motifs is 1. The molecule has 1 aliphatic rings. The molecular weight excluding hydrogens is 316 g/mol. The van der Waals surface area contributed by atoms with Gasteiger partial charge in [-0.1, -0.05) is 37.6 Å². The van der Waals surface area contributed by atoms with Gasteiger partial charge in [0.2, 0.25) is 5.91 Å². The first-order valence-corrected chi connectivity index (χ1v) is 7.58. The van der Waals surface area contributed by atoms with Crippen LogP contribution in [-0.2, 0) is 4.79 Å². The van der Waals surface area contributed by atoms with E-state index in [-0.39, 0.29) is 29.1 Å². The Balaban J connectivity index is 2.04. The Bertz CT molecular complexity index is 791. The van der Waals surface area contributed by atoms with E-state index in [1.165, 1.54) is 11.1 Å². The van der Waals surface area contributed by atoms with Crippen LogP contribution in [0.15, 0.2) is 30.5 Å². The Hall–Kier alpha value is -2.47. The van der Waals surface area contributed by atoms with E-state index in [2.05, 4.69) is 15.3 Å². The predicted octanol–water partition coefficient (Wildman–Crippen LogP) is 2.85. The molecule has 0 spiro atoms. The second-order valence-electron chi connectivity index (χ2n) is 5.54. The SMILES string of the molecule is CC(C)c1ncc(Cl)c(C(=O)N2CC(=O)Nc3ccccc32)n1. The Morgan fingerprint density at radius 2 is 2.09 bits per heavy atom. The average molecular weight is 331 g/mol. The highest BCUT2D eigenvalue weighted by Gasteiger charge is 2.29. The van der Waals surface area contributed by atoms with Crippen molar-refractivity contribution in [2.45, 2.75) is 19.8 Å².